The number of pyridine rings is 1. The van der Waals surface area contributed by atoms with Crippen LogP contribution in [0.2, 0.25) is 0 Å². The van der Waals surface area contributed by atoms with E-state index in [9.17, 15) is 0 Å². The minimum Gasteiger partial charge on any atom is -0.304 e. The molecule has 0 spiro atoms. The van der Waals surface area contributed by atoms with E-state index >= 15 is 0 Å². The maximum absolute atomic E-state index is 4.17. The first-order chi connectivity index (χ1) is 9.20. The second-order valence-corrected chi connectivity index (χ2v) is 5.55. The largest absolute Gasteiger partial charge is 0.304 e. The Morgan fingerprint density at radius 1 is 1.00 bits per heavy atom. The van der Waals surface area contributed by atoms with E-state index in [0.717, 1.165) is 0 Å². The predicted octanol–water partition coefficient (Wildman–Crippen LogP) is 4.22. The number of nitrogens with zero attached hydrogens (tertiary/aromatic N) is 1. The fourth-order valence-corrected chi connectivity index (χ4v) is 2.50. The third-order valence-electron chi connectivity index (χ3n) is 3.30. The van der Waals surface area contributed by atoms with Gasteiger partial charge in [0, 0.05) is 29.4 Å². The molecule has 2 rings (SSSR count). The molecule has 0 aliphatic carbocycles. The maximum Gasteiger partial charge on any atom is 0.0315 e. The highest BCUT2D eigenvalue weighted by atomic mass is 32.2. The number of hydrogen-bond acceptors (Lipinski definition) is 3. The Bertz CT molecular complexity index is 496. The van der Waals surface area contributed by atoms with E-state index in [-0.39, 0.29) is 0 Å². The summed E-state index contributed by atoms with van der Waals surface area (Å²) in [5.41, 5.74) is 2.53. The van der Waals surface area contributed by atoms with Crippen LogP contribution in [0.3, 0.4) is 0 Å². The van der Waals surface area contributed by atoms with Crippen LogP contribution in [0, 0.1) is 0 Å². The SMILES string of the molecule is CSc1ccc(C(C)N[C@@H](C)c2cccnc2)cc1. The van der Waals surface area contributed by atoms with E-state index in [0.29, 0.717) is 12.1 Å². The molecule has 0 fully saturated rings. The van der Waals surface area contributed by atoms with Crippen molar-refractivity contribution in [3.63, 3.8) is 0 Å². The Morgan fingerprint density at radius 2 is 1.68 bits per heavy atom. The summed E-state index contributed by atoms with van der Waals surface area (Å²) in [7, 11) is 0. The number of benzene rings is 1. The number of rotatable bonds is 5. The predicted molar refractivity (Wildman–Crippen MR) is 82.4 cm³/mol. The zero-order valence-corrected chi connectivity index (χ0v) is 12.4. The van der Waals surface area contributed by atoms with E-state index in [2.05, 4.69) is 60.7 Å². The van der Waals surface area contributed by atoms with Crippen molar-refractivity contribution in [2.24, 2.45) is 0 Å². The Labute approximate surface area is 119 Å². The van der Waals surface area contributed by atoms with Crippen molar-refractivity contribution < 1.29 is 0 Å². The molecule has 0 aliphatic heterocycles. The average molecular weight is 272 g/mol. The van der Waals surface area contributed by atoms with Crippen LogP contribution in [0.15, 0.2) is 53.7 Å². The molecule has 1 unspecified atom stereocenters. The van der Waals surface area contributed by atoms with Crippen molar-refractivity contribution in [2.75, 3.05) is 6.26 Å². The Hall–Kier alpha value is -1.32. The van der Waals surface area contributed by atoms with E-state index in [4.69, 9.17) is 0 Å². The minimum atomic E-state index is 0.295. The number of hydrogen-bond donors (Lipinski definition) is 1. The summed E-state index contributed by atoms with van der Waals surface area (Å²) in [6.45, 7) is 4.37. The van der Waals surface area contributed by atoms with Crippen LogP contribution in [-0.4, -0.2) is 11.2 Å². The molecule has 0 aliphatic rings. The smallest absolute Gasteiger partial charge is 0.0315 e. The van der Waals surface area contributed by atoms with Crippen molar-refractivity contribution in [1.82, 2.24) is 10.3 Å². The van der Waals surface area contributed by atoms with Crippen LogP contribution in [0.4, 0.5) is 0 Å². The molecule has 0 radical (unpaired) electrons. The molecule has 1 aromatic carbocycles. The number of nitrogens with one attached hydrogen (secondary N) is 1. The molecule has 1 heterocycles. The lowest BCUT2D eigenvalue weighted by Crippen LogP contribution is -2.22. The van der Waals surface area contributed by atoms with Crippen LogP contribution in [0.5, 0.6) is 0 Å². The van der Waals surface area contributed by atoms with E-state index in [1.54, 1.807) is 18.0 Å². The van der Waals surface area contributed by atoms with Crippen molar-refractivity contribution >= 4 is 11.8 Å². The van der Waals surface area contributed by atoms with Crippen LogP contribution in [0.25, 0.3) is 0 Å². The van der Waals surface area contributed by atoms with Crippen LogP contribution >= 0.6 is 11.8 Å². The summed E-state index contributed by atoms with van der Waals surface area (Å²) in [6.07, 6.45) is 5.82. The highest BCUT2D eigenvalue weighted by Gasteiger charge is 2.10. The molecule has 0 saturated carbocycles. The summed E-state index contributed by atoms with van der Waals surface area (Å²) in [4.78, 5) is 5.47. The van der Waals surface area contributed by atoms with Gasteiger partial charge < -0.3 is 5.32 Å². The lowest BCUT2D eigenvalue weighted by Gasteiger charge is -2.20. The summed E-state index contributed by atoms with van der Waals surface area (Å²) >= 11 is 1.77. The Kier molecular flexibility index (Phi) is 5.00. The van der Waals surface area contributed by atoms with Crippen molar-refractivity contribution in [3.05, 3.63) is 59.9 Å². The first-order valence-electron chi connectivity index (χ1n) is 6.50. The van der Waals surface area contributed by atoms with Gasteiger partial charge in [0.25, 0.3) is 0 Å². The lowest BCUT2D eigenvalue weighted by molar-refractivity contribution is 0.493. The maximum atomic E-state index is 4.17. The second kappa shape index (κ2) is 6.73. The van der Waals surface area contributed by atoms with Crippen LogP contribution in [0.1, 0.15) is 37.1 Å². The standard InChI is InChI=1S/C16H20N2S/c1-12(14-6-8-16(19-3)9-7-14)18-13(2)15-5-4-10-17-11-15/h4-13,18H,1-3H3/t12?,13-/m0/s1. The van der Waals surface area contributed by atoms with Crippen molar-refractivity contribution in [2.45, 2.75) is 30.8 Å². The Morgan fingerprint density at radius 3 is 2.26 bits per heavy atom. The van der Waals surface area contributed by atoms with Crippen LogP contribution in [-0.2, 0) is 0 Å². The van der Waals surface area contributed by atoms with Gasteiger partial charge >= 0.3 is 0 Å². The first kappa shape index (κ1) is 14.1. The fourth-order valence-electron chi connectivity index (χ4n) is 2.09. The molecule has 3 heteroatoms. The first-order valence-corrected chi connectivity index (χ1v) is 7.73. The molecule has 0 saturated heterocycles. The summed E-state index contributed by atoms with van der Waals surface area (Å²) in [5, 5.41) is 3.60. The van der Waals surface area contributed by atoms with E-state index < -0.39 is 0 Å². The van der Waals surface area contributed by atoms with Gasteiger partial charge in [-0.25, -0.2) is 0 Å². The molecule has 2 atom stereocenters. The minimum absolute atomic E-state index is 0.295. The van der Waals surface area contributed by atoms with E-state index in [1.807, 2.05) is 12.3 Å². The molecular weight excluding hydrogens is 252 g/mol. The summed E-state index contributed by atoms with van der Waals surface area (Å²) < 4.78 is 0. The summed E-state index contributed by atoms with van der Waals surface area (Å²) in [6, 6.07) is 13.4. The molecule has 100 valence electrons. The van der Waals surface area contributed by atoms with Crippen molar-refractivity contribution in [3.8, 4) is 0 Å². The van der Waals surface area contributed by atoms with Gasteiger partial charge in [-0.05, 0) is 49.4 Å². The van der Waals surface area contributed by atoms with Gasteiger partial charge in [-0.2, -0.15) is 0 Å². The topological polar surface area (TPSA) is 24.9 Å². The quantitative estimate of drug-likeness (QED) is 0.825. The lowest BCUT2D eigenvalue weighted by atomic mass is 10.1. The van der Waals surface area contributed by atoms with Crippen molar-refractivity contribution in [1.29, 1.82) is 0 Å². The molecule has 0 amide bonds. The summed E-state index contributed by atoms with van der Waals surface area (Å²) in [5.74, 6) is 0. The number of thioether (sulfide) groups is 1. The monoisotopic (exact) mass is 272 g/mol. The molecule has 2 aromatic rings. The highest BCUT2D eigenvalue weighted by Crippen LogP contribution is 2.21. The van der Waals surface area contributed by atoms with Crippen LogP contribution < -0.4 is 5.32 Å². The zero-order chi connectivity index (χ0) is 13.7. The second-order valence-electron chi connectivity index (χ2n) is 4.67. The zero-order valence-electron chi connectivity index (χ0n) is 11.6. The molecule has 2 nitrogen and oxygen atoms in total. The average Bonchev–Trinajstić information content (AvgIpc) is 2.48. The molecule has 1 N–H and O–H groups in total. The van der Waals surface area contributed by atoms with Gasteiger partial charge in [-0.15, -0.1) is 11.8 Å². The van der Waals surface area contributed by atoms with E-state index in [1.165, 1.54) is 16.0 Å². The van der Waals surface area contributed by atoms with Gasteiger partial charge in [-0.1, -0.05) is 18.2 Å². The molecule has 0 bridgehead atoms. The van der Waals surface area contributed by atoms with Gasteiger partial charge in [0.2, 0.25) is 0 Å². The van der Waals surface area contributed by atoms with Gasteiger partial charge in [-0.3, -0.25) is 4.98 Å². The molecule has 1 aromatic heterocycles. The van der Waals surface area contributed by atoms with Gasteiger partial charge in [0.15, 0.2) is 0 Å². The Balaban J connectivity index is 2.02. The highest BCUT2D eigenvalue weighted by molar-refractivity contribution is 7.98. The number of aromatic nitrogens is 1. The third kappa shape index (κ3) is 3.82. The molecule has 19 heavy (non-hydrogen) atoms. The van der Waals surface area contributed by atoms with Gasteiger partial charge in [0.1, 0.15) is 0 Å². The normalized spacial score (nSPS) is 14.1. The van der Waals surface area contributed by atoms with Gasteiger partial charge in [0.05, 0.1) is 0 Å². The molecular formula is C16H20N2S. The third-order valence-corrected chi connectivity index (χ3v) is 4.04. The fraction of sp³-hybridized carbons (Fsp3) is 0.312.